The van der Waals surface area contributed by atoms with Crippen molar-refractivity contribution in [2.24, 2.45) is 5.92 Å². The zero-order chi connectivity index (χ0) is 18.8. The lowest BCUT2D eigenvalue weighted by Crippen LogP contribution is -2.52. The molecule has 26 heavy (non-hydrogen) atoms. The van der Waals surface area contributed by atoms with Crippen LogP contribution in [0.4, 0.5) is 0 Å². The Labute approximate surface area is 152 Å². The number of hydrogen-bond donors (Lipinski definition) is 1. The maximum Gasteiger partial charge on any atom is 0.242 e. The van der Waals surface area contributed by atoms with Gasteiger partial charge >= 0.3 is 0 Å². The van der Waals surface area contributed by atoms with Crippen molar-refractivity contribution in [3.8, 4) is 0 Å². The van der Waals surface area contributed by atoms with Gasteiger partial charge in [0.1, 0.15) is 0 Å². The first-order valence-electron chi connectivity index (χ1n) is 9.03. The van der Waals surface area contributed by atoms with Crippen molar-refractivity contribution < 1.29 is 9.59 Å². The van der Waals surface area contributed by atoms with E-state index in [9.17, 15) is 14.4 Å². The van der Waals surface area contributed by atoms with E-state index in [1.165, 1.54) is 0 Å². The van der Waals surface area contributed by atoms with E-state index in [0.29, 0.717) is 37.0 Å². The van der Waals surface area contributed by atoms with Crippen LogP contribution >= 0.6 is 0 Å². The van der Waals surface area contributed by atoms with Crippen molar-refractivity contribution in [3.63, 3.8) is 0 Å². The third-order valence-corrected chi connectivity index (χ3v) is 4.85. The fourth-order valence-electron chi connectivity index (χ4n) is 3.30. The maximum atomic E-state index is 12.5. The standard InChI is InChI=1S/C20H25N3O3/c1-13(2)10-18(24)23-9-8-22(19(25)12-23)11-17-14(3)20(26)15-6-4-5-7-16(15)21-17/h4-7,13H,8-12H2,1-3H3,(H,21,26). The minimum absolute atomic E-state index is 0.00690. The summed E-state index contributed by atoms with van der Waals surface area (Å²) in [5.41, 5.74) is 2.16. The van der Waals surface area contributed by atoms with Crippen molar-refractivity contribution in [3.05, 3.63) is 45.7 Å². The number of hydrogen-bond acceptors (Lipinski definition) is 3. The lowest BCUT2D eigenvalue weighted by atomic mass is 10.1. The first-order chi connectivity index (χ1) is 12.4. The maximum absolute atomic E-state index is 12.5. The Bertz CT molecular complexity index is 901. The molecule has 1 N–H and O–H groups in total. The van der Waals surface area contributed by atoms with Crippen LogP contribution in [0, 0.1) is 12.8 Å². The molecule has 1 fully saturated rings. The summed E-state index contributed by atoms with van der Waals surface area (Å²) in [4.78, 5) is 43.8. The van der Waals surface area contributed by atoms with Crippen LogP contribution in [0.1, 0.15) is 31.5 Å². The summed E-state index contributed by atoms with van der Waals surface area (Å²) in [7, 11) is 0. The molecule has 6 nitrogen and oxygen atoms in total. The van der Waals surface area contributed by atoms with Gasteiger partial charge in [0.05, 0.1) is 13.1 Å². The van der Waals surface area contributed by atoms with Crippen LogP contribution in [0.15, 0.2) is 29.1 Å². The second kappa shape index (κ2) is 7.32. The number of piperazine rings is 1. The monoisotopic (exact) mass is 355 g/mol. The van der Waals surface area contributed by atoms with E-state index < -0.39 is 0 Å². The number of fused-ring (bicyclic) bond motifs is 1. The Hall–Kier alpha value is -2.63. The normalized spacial score (nSPS) is 15.2. The zero-order valence-electron chi connectivity index (χ0n) is 15.5. The summed E-state index contributed by atoms with van der Waals surface area (Å²) < 4.78 is 0. The van der Waals surface area contributed by atoms with Crippen LogP contribution in [-0.4, -0.2) is 46.2 Å². The minimum Gasteiger partial charge on any atom is -0.356 e. The van der Waals surface area contributed by atoms with Crippen LogP contribution in [0.2, 0.25) is 0 Å². The third-order valence-electron chi connectivity index (χ3n) is 4.85. The van der Waals surface area contributed by atoms with E-state index in [1.807, 2.05) is 32.0 Å². The van der Waals surface area contributed by atoms with Crippen LogP contribution in [-0.2, 0) is 16.1 Å². The molecule has 0 spiro atoms. The van der Waals surface area contributed by atoms with Gasteiger partial charge in [0.25, 0.3) is 0 Å². The van der Waals surface area contributed by atoms with Gasteiger partial charge in [-0.05, 0) is 25.0 Å². The summed E-state index contributed by atoms with van der Waals surface area (Å²) in [6, 6.07) is 7.38. The Morgan fingerprint density at radius 2 is 1.92 bits per heavy atom. The highest BCUT2D eigenvalue weighted by Gasteiger charge is 2.27. The molecule has 0 atom stereocenters. The van der Waals surface area contributed by atoms with Gasteiger partial charge in [0, 0.05) is 41.7 Å². The van der Waals surface area contributed by atoms with Crippen LogP contribution in [0.25, 0.3) is 10.9 Å². The second-order valence-electron chi connectivity index (χ2n) is 7.33. The SMILES string of the molecule is Cc1c(CN2CCN(C(=O)CC(C)C)CC2=O)[nH]c2ccccc2c1=O. The smallest absolute Gasteiger partial charge is 0.242 e. The molecule has 1 aliphatic heterocycles. The first kappa shape index (κ1) is 18.2. The number of H-pyrrole nitrogens is 1. The van der Waals surface area contributed by atoms with Crippen molar-refractivity contribution >= 4 is 22.7 Å². The van der Waals surface area contributed by atoms with Crippen molar-refractivity contribution in [1.82, 2.24) is 14.8 Å². The number of para-hydroxylation sites is 1. The Kier molecular flexibility index (Phi) is 5.11. The van der Waals surface area contributed by atoms with Gasteiger partial charge in [0.2, 0.25) is 11.8 Å². The average molecular weight is 355 g/mol. The largest absolute Gasteiger partial charge is 0.356 e. The number of carbonyl (C=O) groups excluding carboxylic acids is 2. The van der Waals surface area contributed by atoms with E-state index in [-0.39, 0.29) is 29.7 Å². The predicted octanol–water partition coefficient (Wildman–Crippen LogP) is 2.05. The number of pyridine rings is 1. The highest BCUT2D eigenvalue weighted by Crippen LogP contribution is 2.15. The van der Waals surface area contributed by atoms with Gasteiger partial charge in [-0.25, -0.2) is 0 Å². The van der Waals surface area contributed by atoms with Crippen molar-refractivity contribution in [1.29, 1.82) is 0 Å². The predicted molar refractivity (Wildman–Crippen MR) is 101 cm³/mol. The lowest BCUT2D eigenvalue weighted by Gasteiger charge is -2.34. The van der Waals surface area contributed by atoms with E-state index in [1.54, 1.807) is 22.8 Å². The van der Waals surface area contributed by atoms with Gasteiger partial charge in [-0.15, -0.1) is 0 Å². The van der Waals surface area contributed by atoms with Gasteiger partial charge < -0.3 is 14.8 Å². The number of nitrogens with zero attached hydrogens (tertiary/aromatic N) is 2. The Morgan fingerprint density at radius 3 is 2.62 bits per heavy atom. The molecule has 6 heteroatoms. The molecule has 0 saturated carbocycles. The number of aromatic nitrogens is 1. The first-order valence-corrected chi connectivity index (χ1v) is 9.03. The second-order valence-corrected chi connectivity index (χ2v) is 7.33. The van der Waals surface area contributed by atoms with Crippen molar-refractivity contribution in [2.75, 3.05) is 19.6 Å². The molecule has 138 valence electrons. The van der Waals surface area contributed by atoms with E-state index >= 15 is 0 Å². The molecule has 1 aromatic heterocycles. The van der Waals surface area contributed by atoms with Crippen molar-refractivity contribution in [2.45, 2.75) is 33.7 Å². The molecule has 1 aromatic carbocycles. The number of rotatable bonds is 4. The molecule has 2 amide bonds. The number of aromatic amines is 1. The van der Waals surface area contributed by atoms with Crippen LogP contribution in [0.5, 0.6) is 0 Å². The lowest BCUT2D eigenvalue weighted by molar-refractivity contribution is -0.146. The van der Waals surface area contributed by atoms with Crippen LogP contribution in [0.3, 0.4) is 0 Å². The van der Waals surface area contributed by atoms with E-state index in [4.69, 9.17) is 0 Å². The number of nitrogens with one attached hydrogen (secondary N) is 1. The molecular weight excluding hydrogens is 330 g/mol. The molecule has 1 saturated heterocycles. The fraction of sp³-hybridized carbons (Fsp3) is 0.450. The highest BCUT2D eigenvalue weighted by atomic mass is 16.2. The Balaban J connectivity index is 1.75. The number of carbonyl (C=O) groups is 2. The molecule has 0 unspecified atom stereocenters. The summed E-state index contributed by atoms with van der Waals surface area (Å²) in [6.07, 6.45) is 0.463. The van der Waals surface area contributed by atoms with Gasteiger partial charge in [-0.2, -0.15) is 0 Å². The fourth-order valence-corrected chi connectivity index (χ4v) is 3.30. The Morgan fingerprint density at radius 1 is 1.19 bits per heavy atom. The molecule has 0 radical (unpaired) electrons. The molecule has 3 rings (SSSR count). The third kappa shape index (κ3) is 3.64. The zero-order valence-corrected chi connectivity index (χ0v) is 15.5. The topological polar surface area (TPSA) is 73.5 Å². The molecule has 2 aromatic rings. The average Bonchev–Trinajstić information content (AvgIpc) is 2.60. The van der Waals surface area contributed by atoms with E-state index in [2.05, 4.69) is 4.98 Å². The van der Waals surface area contributed by atoms with E-state index in [0.717, 1.165) is 11.2 Å². The number of benzene rings is 1. The number of amides is 2. The van der Waals surface area contributed by atoms with Crippen LogP contribution < -0.4 is 5.43 Å². The molecule has 2 heterocycles. The van der Waals surface area contributed by atoms with Gasteiger partial charge in [0.15, 0.2) is 5.43 Å². The molecule has 0 aliphatic carbocycles. The summed E-state index contributed by atoms with van der Waals surface area (Å²) in [5, 5.41) is 0.657. The summed E-state index contributed by atoms with van der Waals surface area (Å²) in [5.74, 6) is 0.228. The quantitative estimate of drug-likeness (QED) is 0.912. The molecular formula is C20H25N3O3. The van der Waals surface area contributed by atoms with Gasteiger partial charge in [-0.3, -0.25) is 14.4 Å². The van der Waals surface area contributed by atoms with Gasteiger partial charge in [-0.1, -0.05) is 26.0 Å². The molecule has 0 bridgehead atoms. The summed E-state index contributed by atoms with van der Waals surface area (Å²) >= 11 is 0. The minimum atomic E-state index is -0.0817. The molecule has 1 aliphatic rings. The highest BCUT2D eigenvalue weighted by molar-refractivity contribution is 5.86. The summed E-state index contributed by atoms with van der Waals surface area (Å²) in [6.45, 7) is 7.27.